The molecule has 0 aliphatic heterocycles. The summed E-state index contributed by atoms with van der Waals surface area (Å²) >= 11 is 0. The normalized spacial score (nSPS) is 11.2. The Kier molecular flexibility index (Phi) is 5.35. The predicted molar refractivity (Wildman–Crippen MR) is 121 cm³/mol. The van der Waals surface area contributed by atoms with Crippen molar-refractivity contribution in [3.05, 3.63) is 94.8 Å². The van der Waals surface area contributed by atoms with E-state index in [-0.39, 0.29) is 5.91 Å². The second kappa shape index (κ2) is 8.25. The molecule has 4 aromatic rings. The molecule has 0 aliphatic carbocycles. The molecule has 30 heavy (non-hydrogen) atoms. The molecule has 1 N–H and O–H groups in total. The molecule has 0 unspecified atom stereocenters. The van der Waals surface area contributed by atoms with Crippen molar-refractivity contribution in [3.63, 3.8) is 0 Å². The zero-order valence-electron chi connectivity index (χ0n) is 17.2. The lowest BCUT2D eigenvalue weighted by molar-refractivity contribution is 0.0956. The highest BCUT2D eigenvalue weighted by atomic mass is 16.2. The standard InChI is InChI=1S/C25H22N4O/c1-16-11-18(3)20(12-17(16)2)15-27-29-25(30)22-13-24(19-7-6-10-26-14-19)28-23-9-5-4-8-21(22)23/h4-15H,1-3H3,(H,29,30)/b27-15-. The first-order valence-corrected chi connectivity index (χ1v) is 9.74. The fourth-order valence-electron chi connectivity index (χ4n) is 3.37. The summed E-state index contributed by atoms with van der Waals surface area (Å²) < 4.78 is 0. The number of benzene rings is 2. The molecule has 0 fully saturated rings. The Balaban J connectivity index is 1.67. The maximum absolute atomic E-state index is 13.0. The van der Waals surface area contributed by atoms with E-state index in [4.69, 9.17) is 0 Å². The topological polar surface area (TPSA) is 67.2 Å². The number of aromatic nitrogens is 2. The van der Waals surface area contributed by atoms with Gasteiger partial charge in [0.15, 0.2) is 0 Å². The summed E-state index contributed by atoms with van der Waals surface area (Å²) in [5, 5.41) is 4.98. The minimum Gasteiger partial charge on any atom is -0.267 e. The second-order valence-electron chi connectivity index (χ2n) is 7.31. The number of fused-ring (bicyclic) bond motifs is 1. The van der Waals surface area contributed by atoms with Gasteiger partial charge in [0.2, 0.25) is 0 Å². The number of nitrogens with one attached hydrogen (secondary N) is 1. The van der Waals surface area contributed by atoms with Gasteiger partial charge in [-0.3, -0.25) is 9.78 Å². The predicted octanol–water partition coefficient (Wildman–Crippen LogP) is 4.99. The molecule has 5 heteroatoms. The lowest BCUT2D eigenvalue weighted by Gasteiger charge is -2.09. The zero-order chi connectivity index (χ0) is 21.1. The third kappa shape index (κ3) is 3.96. The maximum Gasteiger partial charge on any atom is 0.272 e. The van der Waals surface area contributed by atoms with Crippen LogP contribution < -0.4 is 5.43 Å². The second-order valence-corrected chi connectivity index (χ2v) is 7.31. The van der Waals surface area contributed by atoms with E-state index in [9.17, 15) is 4.79 Å². The van der Waals surface area contributed by atoms with Crippen molar-refractivity contribution < 1.29 is 4.79 Å². The Bertz CT molecular complexity index is 1260. The molecule has 0 aliphatic rings. The van der Waals surface area contributed by atoms with Gasteiger partial charge in [-0.25, -0.2) is 10.4 Å². The van der Waals surface area contributed by atoms with Crippen LogP contribution in [0.15, 0.2) is 72.1 Å². The van der Waals surface area contributed by atoms with Crippen LogP contribution >= 0.6 is 0 Å². The molecule has 148 valence electrons. The number of pyridine rings is 2. The van der Waals surface area contributed by atoms with E-state index < -0.39 is 0 Å². The molecule has 2 aromatic carbocycles. The third-order valence-electron chi connectivity index (χ3n) is 5.17. The first-order chi connectivity index (χ1) is 14.5. The molecule has 0 atom stereocenters. The first kappa shape index (κ1) is 19.5. The maximum atomic E-state index is 13.0. The number of amides is 1. The van der Waals surface area contributed by atoms with E-state index >= 15 is 0 Å². The number of hydrogen-bond acceptors (Lipinski definition) is 4. The van der Waals surface area contributed by atoms with Gasteiger partial charge in [0.25, 0.3) is 5.91 Å². The van der Waals surface area contributed by atoms with Crippen molar-refractivity contribution in [2.45, 2.75) is 20.8 Å². The third-order valence-corrected chi connectivity index (χ3v) is 5.17. The van der Waals surface area contributed by atoms with Crippen molar-refractivity contribution in [1.82, 2.24) is 15.4 Å². The van der Waals surface area contributed by atoms with E-state index in [0.29, 0.717) is 11.3 Å². The summed E-state index contributed by atoms with van der Waals surface area (Å²) in [7, 11) is 0. The molecule has 1 amide bonds. The van der Waals surface area contributed by atoms with Gasteiger partial charge in [0, 0.05) is 23.3 Å². The van der Waals surface area contributed by atoms with Crippen molar-refractivity contribution in [3.8, 4) is 11.3 Å². The van der Waals surface area contributed by atoms with Crippen LogP contribution in [-0.2, 0) is 0 Å². The highest BCUT2D eigenvalue weighted by Gasteiger charge is 2.13. The number of para-hydroxylation sites is 1. The summed E-state index contributed by atoms with van der Waals surface area (Å²) in [6, 6.07) is 17.3. The summed E-state index contributed by atoms with van der Waals surface area (Å²) in [5.74, 6) is -0.281. The van der Waals surface area contributed by atoms with E-state index in [1.807, 2.05) is 43.3 Å². The quantitative estimate of drug-likeness (QED) is 0.392. The van der Waals surface area contributed by atoms with Crippen LogP contribution in [-0.4, -0.2) is 22.1 Å². The van der Waals surface area contributed by atoms with Gasteiger partial charge in [-0.05, 0) is 73.4 Å². The first-order valence-electron chi connectivity index (χ1n) is 9.74. The Morgan fingerprint density at radius 2 is 1.77 bits per heavy atom. The van der Waals surface area contributed by atoms with Gasteiger partial charge < -0.3 is 0 Å². The monoisotopic (exact) mass is 394 g/mol. The van der Waals surface area contributed by atoms with E-state index in [0.717, 1.165) is 27.6 Å². The minimum atomic E-state index is -0.281. The molecule has 0 radical (unpaired) electrons. The molecule has 2 aromatic heterocycles. The Morgan fingerprint density at radius 3 is 2.57 bits per heavy atom. The summed E-state index contributed by atoms with van der Waals surface area (Å²) in [6.45, 7) is 6.18. The molecular weight excluding hydrogens is 372 g/mol. The molecular formula is C25H22N4O. The fraction of sp³-hybridized carbons (Fsp3) is 0.120. The van der Waals surface area contributed by atoms with Gasteiger partial charge in [0.1, 0.15) is 0 Å². The van der Waals surface area contributed by atoms with Crippen LogP contribution in [0.4, 0.5) is 0 Å². The molecule has 0 saturated carbocycles. The van der Waals surface area contributed by atoms with E-state index in [2.05, 4.69) is 46.5 Å². The van der Waals surface area contributed by atoms with Crippen molar-refractivity contribution in [2.75, 3.05) is 0 Å². The highest BCUT2D eigenvalue weighted by Crippen LogP contribution is 2.24. The SMILES string of the molecule is Cc1cc(C)c(/C=N\NC(=O)c2cc(-c3cccnc3)nc3ccccc23)cc1C. The molecule has 0 spiro atoms. The summed E-state index contributed by atoms with van der Waals surface area (Å²) in [6.07, 6.45) is 5.13. The average molecular weight is 394 g/mol. The molecule has 0 bridgehead atoms. The number of aryl methyl sites for hydroxylation is 3. The molecule has 5 nitrogen and oxygen atoms in total. The number of rotatable bonds is 4. The zero-order valence-corrected chi connectivity index (χ0v) is 17.2. The van der Waals surface area contributed by atoms with Crippen molar-refractivity contribution in [2.24, 2.45) is 5.10 Å². The van der Waals surface area contributed by atoms with Gasteiger partial charge in [-0.2, -0.15) is 5.10 Å². The number of carbonyl (C=O) groups is 1. The lowest BCUT2D eigenvalue weighted by atomic mass is 10.0. The molecule has 0 saturated heterocycles. The smallest absolute Gasteiger partial charge is 0.267 e. The number of hydrazone groups is 1. The molecule has 2 heterocycles. The van der Waals surface area contributed by atoms with Crippen LogP contribution in [0, 0.1) is 20.8 Å². The number of hydrogen-bond donors (Lipinski definition) is 1. The Hall–Kier alpha value is -3.86. The van der Waals surface area contributed by atoms with Crippen LogP contribution in [0.5, 0.6) is 0 Å². The van der Waals surface area contributed by atoms with Crippen LogP contribution in [0.3, 0.4) is 0 Å². The van der Waals surface area contributed by atoms with E-state index in [1.54, 1.807) is 24.7 Å². The fourth-order valence-corrected chi connectivity index (χ4v) is 3.37. The van der Waals surface area contributed by atoms with Crippen LogP contribution in [0.1, 0.15) is 32.6 Å². The Morgan fingerprint density at radius 1 is 0.967 bits per heavy atom. The minimum absolute atomic E-state index is 0.281. The lowest BCUT2D eigenvalue weighted by Crippen LogP contribution is -2.18. The van der Waals surface area contributed by atoms with Gasteiger partial charge in [-0.15, -0.1) is 0 Å². The van der Waals surface area contributed by atoms with Crippen molar-refractivity contribution >= 4 is 23.0 Å². The Labute approximate surface area is 175 Å². The summed E-state index contributed by atoms with van der Waals surface area (Å²) in [4.78, 5) is 21.8. The average Bonchev–Trinajstić information content (AvgIpc) is 2.77. The number of carbonyl (C=O) groups excluding carboxylic acids is 1. The van der Waals surface area contributed by atoms with Crippen LogP contribution in [0.2, 0.25) is 0 Å². The van der Waals surface area contributed by atoms with Crippen LogP contribution in [0.25, 0.3) is 22.2 Å². The summed E-state index contributed by atoms with van der Waals surface area (Å²) in [5.41, 5.74) is 10.0. The van der Waals surface area contributed by atoms with Gasteiger partial charge in [-0.1, -0.05) is 24.3 Å². The van der Waals surface area contributed by atoms with E-state index in [1.165, 1.54) is 11.1 Å². The van der Waals surface area contributed by atoms with Crippen molar-refractivity contribution in [1.29, 1.82) is 0 Å². The van der Waals surface area contributed by atoms with Gasteiger partial charge in [0.05, 0.1) is 23.0 Å². The largest absolute Gasteiger partial charge is 0.272 e. The molecule has 4 rings (SSSR count). The number of nitrogens with zero attached hydrogens (tertiary/aromatic N) is 3. The highest BCUT2D eigenvalue weighted by molar-refractivity contribution is 6.07. The van der Waals surface area contributed by atoms with Gasteiger partial charge >= 0.3 is 0 Å².